The fraction of sp³-hybridized carbons (Fsp3) is 0.100. The maximum Gasteiger partial charge on any atom is 0.207 e. The molecule has 7 aromatic carbocycles. The van der Waals surface area contributed by atoms with E-state index in [1.165, 1.54) is 5.56 Å². The van der Waals surface area contributed by atoms with Gasteiger partial charge in [0.25, 0.3) is 0 Å². The van der Waals surface area contributed by atoms with Crippen molar-refractivity contribution in [1.29, 1.82) is 0 Å². The van der Waals surface area contributed by atoms with Crippen LogP contribution in [0.25, 0.3) is 78.7 Å². The summed E-state index contributed by atoms with van der Waals surface area (Å²) in [7, 11) is -4.17. The third-order valence-corrected chi connectivity index (χ3v) is 16.1. The summed E-state index contributed by atoms with van der Waals surface area (Å²) in [6.45, 7) is 6.61. The molecule has 67 heavy (non-hydrogen) atoms. The minimum Gasteiger partial charge on any atom is -0.264 e. The molecule has 0 N–H and O–H groups in total. The van der Waals surface area contributed by atoms with Crippen molar-refractivity contribution in [2.45, 2.75) is 47.3 Å². The number of allylic oxidation sites excluding steroid dienone is 4. The maximum atomic E-state index is 16.0. The molecular weight excluding hydrogens is 841 g/mol. The molecule has 322 valence electrons. The van der Waals surface area contributed by atoms with E-state index in [0.29, 0.717) is 27.9 Å². The first-order valence-electron chi connectivity index (χ1n) is 22.6. The van der Waals surface area contributed by atoms with E-state index in [1.54, 1.807) is 12.3 Å². The van der Waals surface area contributed by atoms with Crippen molar-refractivity contribution in [2.75, 3.05) is 0 Å². The minimum atomic E-state index is -4.17. The molecule has 0 spiro atoms. The molecule has 3 aliphatic rings. The van der Waals surface area contributed by atoms with Gasteiger partial charge in [0.2, 0.25) is 9.84 Å². The van der Waals surface area contributed by atoms with Gasteiger partial charge in [0.1, 0.15) is 0 Å². The van der Waals surface area contributed by atoms with E-state index in [4.69, 9.17) is 15.0 Å². The van der Waals surface area contributed by atoms with Gasteiger partial charge in [-0.25, -0.2) is 23.4 Å². The van der Waals surface area contributed by atoms with Crippen molar-refractivity contribution in [3.05, 3.63) is 229 Å². The van der Waals surface area contributed by atoms with E-state index in [1.807, 2.05) is 91.1 Å². The first-order chi connectivity index (χ1) is 32.6. The second-order valence-corrected chi connectivity index (χ2v) is 20.3. The van der Waals surface area contributed by atoms with Gasteiger partial charge in [-0.3, -0.25) is 4.98 Å². The Hall–Kier alpha value is -7.87. The highest BCUT2D eigenvalue weighted by atomic mass is 32.2. The number of rotatable bonds is 4. The summed E-state index contributed by atoms with van der Waals surface area (Å²) < 4.78 is 32.0. The average molecular weight is 885 g/mol. The van der Waals surface area contributed by atoms with Crippen LogP contribution in [0.1, 0.15) is 48.9 Å². The Labute approximate surface area is 391 Å². The normalized spacial score (nSPS) is 17.9. The summed E-state index contributed by atoms with van der Waals surface area (Å²) in [6, 6.07) is 57.1. The van der Waals surface area contributed by atoms with Crippen LogP contribution < -0.4 is 0 Å². The molecule has 7 heteroatoms. The highest BCUT2D eigenvalue weighted by Gasteiger charge is 2.42. The van der Waals surface area contributed by atoms with Crippen LogP contribution in [0.15, 0.2) is 216 Å². The lowest BCUT2D eigenvalue weighted by Crippen LogP contribution is -2.30. The van der Waals surface area contributed by atoms with Crippen LogP contribution in [0, 0.1) is 0 Å². The van der Waals surface area contributed by atoms with Gasteiger partial charge in [0.05, 0.1) is 9.79 Å². The van der Waals surface area contributed by atoms with Crippen LogP contribution in [0.5, 0.6) is 0 Å². The quantitative estimate of drug-likeness (QED) is 0.175. The SMILES string of the molecule is CC1(C)c2ccccc2-c2cc3c(cc21)S(=O)(=O)c1ccccc1C1C=CC=CC1(C)c1ccccc1-c1ccc(-c2nc(-c4ccccc4)nc(-c4ccc(-c5cccnc5)cc4)n2)cc1-3. The standard InChI is InChI=1S/C60H44N4O2S/c1-59(2)50-22-10-7-20-45(50)48-35-49-47-34-41(58-63-56(39-16-5-4-6-17-39)62-57(64-58)40-28-26-38(27-29-40)42-18-15-33-61-37-42)30-31-43(47)44-19-8-11-23-51(44)60(3)32-14-13-24-52(60)46-21-9-12-25-54(46)67(65,66)55(49)36-53(48)59/h4-37,52H,1-3H3. The molecule has 0 bridgehead atoms. The molecule has 9 aromatic rings. The third kappa shape index (κ3) is 6.48. The van der Waals surface area contributed by atoms with Crippen LogP contribution >= 0.6 is 0 Å². The predicted octanol–water partition coefficient (Wildman–Crippen LogP) is 13.9. The predicted molar refractivity (Wildman–Crippen MR) is 268 cm³/mol. The first-order valence-corrected chi connectivity index (χ1v) is 24.1. The van der Waals surface area contributed by atoms with E-state index in [0.717, 1.165) is 72.3 Å². The van der Waals surface area contributed by atoms with Crippen molar-refractivity contribution in [3.63, 3.8) is 0 Å². The molecule has 12 rings (SSSR count). The van der Waals surface area contributed by atoms with Gasteiger partial charge in [0, 0.05) is 51.4 Å². The number of fused-ring (bicyclic) bond motifs is 12. The Morgan fingerprint density at radius 3 is 1.81 bits per heavy atom. The second kappa shape index (κ2) is 15.4. The number of nitrogens with zero attached hydrogens (tertiary/aromatic N) is 4. The van der Waals surface area contributed by atoms with Crippen LogP contribution in [-0.4, -0.2) is 28.4 Å². The van der Waals surface area contributed by atoms with Gasteiger partial charge in [-0.15, -0.1) is 0 Å². The highest BCUT2D eigenvalue weighted by Crippen LogP contribution is 2.55. The van der Waals surface area contributed by atoms with Gasteiger partial charge >= 0.3 is 0 Å². The summed E-state index contributed by atoms with van der Waals surface area (Å²) in [5.74, 6) is 1.25. The smallest absolute Gasteiger partial charge is 0.207 e. The maximum absolute atomic E-state index is 16.0. The lowest BCUT2D eigenvalue weighted by molar-refractivity contribution is 0.517. The molecule has 0 radical (unpaired) electrons. The van der Waals surface area contributed by atoms with Crippen molar-refractivity contribution in [1.82, 2.24) is 19.9 Å². The highest BCUT2D eigenvalue weighted by molar-refractivity contribution is 7.91. The third-order valence-electron chi connectivity index (χ3n) is 14.2. The van der Waals surface area contributed by atoms with E-state index < -0.39 is 20.7 Å². The molecule has 0 saturated heterocycles. The Balaban J connectivity index is 1.16. The van der Waals surface area contributed by atoms with Gasteiger partial charge in [-0.1, -0.05) is 185 Å². The molecule has 2 aromatic heterocycles. The first kappa shape index (κ1) is 40.6. The van der Waals surface area contributed by atoms with Gasteiger partial charge in [0.15, 0.2) is 17.5 Å². The topological polar surface area (TPSA) is 85.7 Å². The van der Waals surface area contributed by atoms with E-state index in [-0.39, 0.29) is 10.8 Å². The number of benzene rings is 7. The number of hydrogen-bond donors (Lipinski definition) is 0. The van der Waals surface area contributed by atoms with Crippen molar-refractivity contribution in [3.8, 4) is 78.7 Å². The van der Waals surface area contributed by atoms with Crippen molar-refractivity contribution >= 4 is 9.84 Å². The molecular formula is C60H44N4O2S. The second-order valence-electron chi connectivity index (χ2n) is 18.4. The summed E-state index contributed by atoms with van der Waals surface area (Å²) in [5, 5.41) is 0. The van der Waals surface area contributed by atoms with E-state index >= 15 is 8.42 Å². The summed E-state index contributed by atoms with van der Waals surface area (Å²) >= 11 is 0. The number of pyridine rings is 1. The molecule has 2 unspecified atom stereocenters. The number of sulfone groups is 1. The molecule has 6 nitrogen and oxygen atoms in total. The summed E-state index contributed by atoms with van der Waals surface area (Å²) in [4.78, 5) is 20.3. The molecule has 2 aliphatic carbocycles. The lowest BCUT2D eigenvalue weighted by atomic mass is 9.65. The zero-order valence-corrected chi connectivity index (χ0v) is 38.0. The van der Waals surface area contributed by atoms with Crippen LogP contribution in [-0.2, 0) is 20.7 Å². The number of aromatic nitrogens is 4. The molecule has 0 amide bonds. The lowest BCUT2D eigenvalue weighted by Gasteiger charge is -2.38. The Morgan fingerprint density at radius 1 is 0.448 bits per heavy atom. The monoisotopic (exact) mass is 884 g/mol. The van der Waals surface area contributed by atoms with Crippen LogP contribution in [0.3, 0.4) is 0 Å². The summed E-state index contributed by atoms with van der Waals surface area (Å²) in [6.07, 6.45) is 12.1. The Morgan fingerprint density at radius 2 is 1.06 bits per heavy atom. The van der Waals surface area contributed by atoms with Crippen molar-refractivity contribution in [2.24, 2.45) is 0 Å². The Bertz CT molecular complexity index is 3640. The summed E-state index contributed by atoms with van der Waals surface area (Å²) in [5.41, 5.74) is 12.9. The largest absolute Gasteiger partial charge is 0.264 e. The van der Waals surface area contributed by atoms with Gasteiger partial charge in [-0.05, 0) is 91.5 Å². The average Bonchev–Trinajstić information content (AvgIpc) is 3.60. The molecule has 1 aliphatic heterocycles. The zero-order valence-electron chi connectivity index (χ0n) is 37.2. The van der Waals surface area contributed by atoms with Gasteiger partial charge in [-0.2, -0.15) is 0 Å². The molecule has 0 saturated carbocycles. The fourth-order valence-corrected chi connectivity index (χ4v) is 12.4. The molecule has 2 atom stereocenters. The Kier molecular flexibility index (Phi) is 9.32. The van der Waals surface area contributed by atoms with E-state index in [9.17, 15) is 0 Å². The van der Waals surface area contributed by atoms with E-state index in [2.05, 4.69) is 129 Å². The fourth-order valence-electron chi connectivity index (χ4n) is 10.7. The minimum absolute atomic E-state index is 0.268. The van der Waals surface area contributed by atoms with Crippen molar-refractivity contribution < 1.29 is 8.42 Å². The molecule has 0 fully saturated rings. The zero-order chi connectivity index (χ0) is 45.5. The number of hydrogen-bond acceptors (Lipinski definition) is 6. The van der Waals surface area contributed by atoms with Crippen LogP contribution in [0.4, 0.5) is 0 Å². The molecule has 3 heterocycles. The van der Waals surface area contributed by atoms with Gasteiger partial charge < -0.3 is 0 Å². The van der Waals surface area contributed by atoms with Crippen LogP contribution in [0.2, 0.25) is 0 Å².